The number of H-pyrrole nitrogens is 1. The van der Waals surface area contributed by atoms with Crippen LogP contribution in [0.25, 0.3) is 17.0 Å². The average molecular weight is 398 g/mol. The van der Waals surface area contributed by atoms with Gasteiger partial charge in [0.15, 0.2) is 0 Å². The highest BCUT2D eigenvalue weighted by molar-refractivity contribution is 7.92. The second-order valence-corrected chi connectivity index (χ2v) is 7.86. The molecule has 4 aromatic rings. The van der Waals surface area contributed by atoms with Gasteiger partial charge >= 0.3 is 0 Å². The number of nitrogens with one attached hydrogen (secondary N) is 2. The SMILES string of the molecule is COc1ccc(-c2cn3cccnc3n2)cc1NS(=O)(=O)c1c(C)n[nH]c1C. The Hall–Kier alpha value is -3.40. The van der Waals surface area contributed by atoms with E-state index in [9.17, 15) is 8.42 Å². The predicted molar refractivity (Wildman–Crippen MR) is 104 cm³/mol. The molecule has 0 radical (unpaired) electrons. The number of methoxy groups -OCH3 is 1. The normalized spacial score (nSPS) is 11.7. The first-order valence-corrected chi connectivity index (χ1v) is 9.90. The van der Waals surface area contributed by atoms with Crippen molar-refractivity contribution in [2.75, 3.05) is 11.8 Å². The summed E-state index contributed by atoms with van der Waals surface area (Å²) < 4.78 is 35.5. The molecule has 4 rings (SSSR count). The van der Waals surface area contributed by atoms with Gasteiger partial charge in [-0.1, -0.05) is 0 Å². The van der Waals surface area contributed by atoms with Crippen LogP contribution in [0.1, 0.15) is 11.4 Å². The zero-order chi connectivity index (χ0) is 19.9. The summed E-state index contributed by atoms with van der Waals surface area (Å²) in [4.78, 5) is 8.80. The quantitative estimate of drug-likeness (QED) is 0.534. The van der Waals surface area contributed by atoms with E-state index >= 15 is 0 Å². The second kappa shape index (κ2) is 6.64. The van der Waals surface area contributed by atoms with Crippen LogP contribution < -0.4 is 9.46 Å². The molecule has 2 N–H and O–H groups in total. The van der Waals surface area contributed by atoms with Crippen LogP contribution in [0, 0.1) is 13.8 Å². The van der Waals surface area contributed by atoms with Gasteiger partial charge in [0, 0.05) is 24.2 Å². The summed E-state index contributed by atoms with van der Waals surface area (Å²) in [6, 6.07) is 7.00. The Kier molecular flexibility index (Phi) is 4.27. The van der Waals surface area contributed by atoms with Crippen molar-refractivity contribution in [1.82, 2.24) is 24.6 Å². The Morgan fingerprint density at radius 1 is 1.25 bits per heavy atom. The summed E-state index contributed by atoms with van der Waals surface area (Å²) in [6.45, 7) is 3.29. The number of hydrogen-bond donors (Lipinski definition) is 2. The molecule has 0 saturated heterocycles. The van der Waals surface area contributed by atoms with Gasteiger partial charge in [-0.15, -0.1) is 0 Å². The van der Waals surface area contributed by atoms with Gasteiger partial charge in [-0.25, -0.2) is 18.4 Å². The fourth-order valence-corrected chi connectivity index (χ4v) is 4.48. The first-order valence-electron chi connectivity index (χ1n) is 8.41. The molecule has 0 aliphatic heterocycles. The van der Waals surface area contributed by atoms with E-state index in [1.807, 2.05) is 24.5 Å². The molecule has 0 fully saturated rings. The van der Waals surface area contributed by atoms with Gasteiger partial charge in [-0.05, 0) is 38.1 Å². The lowest BCUT2D eigenvalue weighted by Gasteiger charge is -2.13. The number of benzene rings is 1. The fourth-order valence-electron chi connectivity index (χ4n) is 3.05. The Morgan fingerprint density at radius 3 is 2.75 bits per heavy atom. The van der Waals surface area contributed by atoms with Crippen molar-refractivity contribution in [1.29, 1.82) is 0 Å². The monoisotopic (exact) mass is 398 g/mol. The number of aromatic amines is 1. The maximum atomic E-state index is 12.9. The minimum Gasteiger partial charge on any atom is -0.495 e. The highest BCUT2D eigenvalue weighted by Gasteiger charge is 2.24. The molecule has 10 heteroatoms. The van der Waals surface area contributed by atoms with Gasteiger partial charge in [-0.3, -0.25) is 14.2 Å². The number of ether oxygens (including phenoxy) is 1. The number of hydrogen-bond acceptors (Lipinski definition) is 6. The third-order valence-corrected chi connectivity index (χ3v) is 5.93. The molecule has 3 aromatic heterocycles. The van der Waals surface area contributed by atoms with Gasteiger partial charge in [0.05, 0.1) is 29.9 Å². The number of aryl methyl sites for hydroxylation is 2. The summed E-state index contributed by atoms with van der Waals surface area (Å²) >= 11 is 0. The maximum Gasteiger partial charge on any atom is 0.265 e. The Balaban J connectivity index is 1.77. The zero-order valence-electron chi connectivity index (χ0n) is 15.5. The fraction of sp³-hybridized carbons (Fsp3) is 0.167. The molecule has 3 heterocycles. The number of sulfonamides is 1. The molecule has 0 amide bonds. The summed E-state index contributed by atoms with van der Waals surface area (Å²) in [5.41, 5.74) is 2.56. The van der Waals surface area contributed by atoms with Gasteiger partial charge < -0.3 is 4.74 Å². The molecule has 1 aromatic carbocycles. The van der Waals surface area contributed by atoms with E-state index in [0.29, 0.717) is 34.3 Å². The average Bonchev–Trinajstić information content (AvgIpc) is 3.24. The van der Waals surface area contributed by atoms with Crippen LogP contribution >= 0.6 is 0 Å². The van der Waals surface area contributed by atoms with Crippen molar-refractivity contribution in [3.8, 4) is 17.0 Å². The van der Waals surface area contributed by atoms with Crippen molar-refractivity contribution in [2.45, 2.75) is 18.7 Å². The molecule has 0 bridgehead atoms. The lowest BCUT2D eigenvalue weighted by atomic mass is 10.1. The van der Waals surface area contributed by atoms with Crippen molar-refractivity contribution < 1.29 is 13.2 Å². The van der Waals surface area contributed by atoms with Crippen LogP contribution in [0.3, 0.4) is 0 Å². The minimum atomic E-state index is -3.85. The Labute approximate surface area is 161 Å². The van der Waals surface area contributed by atoms with E-state index < -0.39 is 10.0 Å². The number of fused-ring (bicyclic) bond motifs is 1. The van der Waals surface area contributed by atoms with Crippen LogP contribution in [0.4, 0.5) is 5.69 Å². The molecule has 0 spiro atoms. The van der Waals surface area contributed by atoms with Crippen molar-refractivity contribution in [2.24, 2.45) is 0 Å². The van der Waals surface area contributed by atoms with E-state index in [4.69, 9.17) is 4.74 Å². The lowest BCUT2D eigenvalue weighted by molar-refractivity contribution is 0.417. The summed E-state index contributed by atoms with van der Waals surface area (Å²) in [6.07, 6.45) is 5.33. The first kappa shape index (κ1) is 18.0. The molecular formula is C18H18N6O3S. The molecular weight excluding hydrogens is 380 g/mol. The highest BCUT2D eigenvalue weighted by Crippen LogP contribution is 2.32. The standard InChI is InChI=1S/C18H18N6O3S/c1-11-17(12(2)22-21-11)28(25,26)23-14-9-13(5-6-16(14)27-3)15-10-24-8-4-7-19-18(24)20-15/h4-10,23H,1-3H3,(H,21,22). The van der Waals surface area contributed by atoms with E-state index in [2.05, 4.69) is 24.9 Å². The molecule has 0 atom stereocenters. The largest absolute Gasteiger partial charge is 0.495 e. The molecule has 0 unspecified atom stereocenters. The third-order valence-electron chi connectivity index (χ3n) is 4.30. The van der Waals surface area contributed by atoms with Gasteiger partial charge in [-0.2, -0.15) is 5.10 Å². The van der Waals surface area contributed by atoms with Crippen LogP contribution in [0.2, 0.25) is 0 Å². The second-order valence-electron chi connectivity index (χ2n) is 6.24. The molecule has 0 aliphatic carbocycles. The predicted octanol–water partition coefficient (Wildman–Crippen LogP) is 2.55. The molecule has 28 heavy (non-hydrogen) atoms. The molecule has 9 nitrogen and oxygen atoms in total. The smallest absolute Gasteiger partial charge is 0.265 e. The summed E-state index contributed by atoms with van der Waals surface area (Å²) in [5, 5.41) is 6.65. The number of aromatic nitrogens is 5. The van der Waals surface area contributed by atoms with E-state index in [1.54, 1.807) is 36.6 Å². The Morgan fingerprint density at radius 2 is 2.07 bits per heavy atom. The van der Waals surface area contributed by atoms with Crippen LogP contribution in [-0.4, -0.2) is 40.1 Å². The zero-order valence-corrected chi connectivity index (χ0v) is 16.3. The first-order chi connectivity index (χ1) is 13.4. The maximum absolute atomic E-state index is 12.9. The minimum absolute atomic E-state index is 0.122. The van der Waals surface area contributed by atoms with Crippen molar-refractivity contribution in [3.63, 3.8) is 0 Å². The van der Waals surface area contributed by atoms with Gasteiger partial charge in [0.25, 0.3) is 10.0 Å². The molecule has 0 aliphatic rings. The van der Waals surface area contributed by atoms with E-state index in [-0.39, 0.29) is 4.90 Å². The highest BCUT2D eigenvalue weighted by atomic mass is 32.2. The Bertz CT molecular complexity index is 1220. The lowest BCUT2D eigenvalue weighted by Crippen LogP contribution is -2.15. The van der Waals surface area contributed by atoms with E-state index in [1.165, 1.54) is 7.11 Å². The number of nitrogens with zero attached hydrogens (tertiary/aromatic N) is 4. The van der Waals surface area contributed by atoms with Crippen LogP contribution in [-0.2, 0) is 10.0 Å². The number of anilines is 1. The van der Waals surface area contributed by atoms with Crippen LogP contribution in [0.15, 0.2) is 47.8 Å². The van der Waals surface area contributed by atoms with Gasteiger partial charge in [0.1, 0.15) is 10.6 Å². The number of imidazole rings is 1. The molecule has 144 valence electrons. The van der Waals surface area contributed by atoms with Crippen LogP contribution in [0.5, 0.6) is 5.75 Å². The van der Waals surface area contributed by atoms with Crippen molar-refractivity contribution >= 4 is 21.5 Å². The summed E-state index contributed by atoms with van der Waals surface area (Å²) in [7, 11) is -2.37. The topological polar surface area (TPSA) is 114 Å². The third kappa shape index (κ3) is 3.07. The van der Waals surface area contributed by atoms with E-state index in [0.717, 1.165) is 5.56 Å². The van der Waals surface area contributed by atoms with Crippen molar-refractivity contribution in [3.05, 3.63) is 54.2 Å². The molecule has 0 saturated carbocycles. The summed E-state index contributed by atoms with van der Waals surface area (Å²) in [5.74, 6) is 0.952. The van der Waals surface area contributed by atoms with Gasteiger partial charge in [0.2, 0.25) is 5.78 Å². The number of rotatable bonds is 5.